The fraction of sp³-hybridized carbons (Fsp3) is 0.939. The number of hydrogen-bond donors (Lipinski definition) is 0. The van der Waals surface area contributed by atoms with Crippen molar-refractivity contribution in [2.75, 3.05) is 13.2 Å². The topological polar surface area (TPSA) is 133 Å². The second-order valence-corrected chi connectivity index (χ2v) is 22.6. The summed E-state index contributed by atoms with van der Waals surface area (Å²) >= 11 is 0. The largest absolute Gasteiger partial charge is 2.00 e. The van der Waals surface area contributed by atoms with E-state index in [1.54, 1.807) is 0 Å². The Morgan fingerprint density at radius 2 is 0.373 bits per heavy atom. The number of aliphatic carboxylic acids is 2. The van der Waals surface area contributed by atoms with Crippen molar-refractivity contribution in [3.63, 3.8) is 0 Å². The van der Waals surface area contributed by atoms with Gasteiger partial charge in [-0.2, -0.15) is 0 Å². The molecule has 0 spiro atoms. The zero-order valence-corrected chi connectivity index (χ0v) is 53.4. The Labute approximate surface area is 479 Å². The van der Waals surface area contributed by atoms with Crippen LogP contribution < -0.4 is 10.2 Å². The van der Waals surface area contributed by atoms with Gasteiger partial charge in [0.2, 0.25) is 0 Å². The normalized spacial score (nSPS) is 11.0. The van der Waals surface area contributed by atoms with E-state index in [9.17, 15) is 29.4 Å². The summed E-state index contributed by atoms with van der Waals surface area (Å²) < 4.78 is 10.8. The third-order valence-electron chi connectivity index (χ3n) is 15.0. The summed E-state index contributed by atoms with van der Waals surface area (Å²) in [6.45, 7) is 5.75. The molecule has 0 aromatic rings. The molecule has 0 radical (unpaired) electrons. The molecule has 0 amide bonds. The van der Waals surface area contributed by atoms with E-state index in [0.29, 0.717) is 26.1 Å². The van der Waals surface area contributed by atoms with Gasteiger partial charge in [0, 0.05) is 24.8 Å². The van der Waals surface area contributed by atoms with Crippen LogP contribution in [0.1, 0.15) is 386 Å². The molecule has 75 heavy (non-hydrogen) atoms. The number of carbonyl (C=O) groups excluding carboxylic acids is 4. The summed E-state index contributed by atoms with van der Waals surface area (Å²) in [7, 11) is 0. The summed E-state index contributed by atoms with van der Waals surface area (Å²) in [4.78, 5) is 44.4. The number of carbonyl (C=O) groups is 4. The molecule has 0 aliphatic rings. The van der Waals surface area contributed by atoms with Gasteiger partial charge in [0.15, 0.2) is 0 Å². The Bertz CT molecular complexity index is 1050. The van der Waals surface area contributed by atoms with Crippen molar-refractivity contribution >= 4 is 23.9 Å². The summed E-state index contributed by atoms with van der Waals surface area (Å²) in [5, 5.41) is 20.7. The van der Waals surface area contributed by atoms with Crippen LogP contribution in [0.15, 0.2) is 0 Å². The molecule has 0 bridgehead atoms. The molecule has 0 rings (SSSR count). The van der Waals surface area contributed by atoms with Gasteiger partial charge in [0.05, 0.1) is 13.2 Å². The molecule has 0 N–H and O–H groups in total. The molecule has 0 atom stereocenters. The minimum atomic E-state index is -0.916. The van der Waals surface area contributed by atoms with Crippen LogP contribution in [0.25, 0.3) is 0 Å². The number of unbranched alkanes of at least 4 members (excludes halogenated alkanes) is 50. The van der Waals surface area contributed by atoms with Crippen LogP contribution in [0.4, 0.5) is 0 Å². The molecule has 0 saturated carbocycles. The zero-order chi connectivity index (χ0) is 54.2. The third-order valence-corrected chi connectivity index (χ3v) is 15.0. The van der Waals surface area contributed by atoms with Gasteiger partial charge < -0.3 is 29.3 Å². The molecule has 0 aliphatic heterocycles. The first-order chi connectivity index (χ1) is 36.3. The van der Waals surface area contributed by atoms with Crippen molar-refractivity contribution in [1.82, 2.24) is 0 Å². The van der Waals surface area contributed by atoms with E-state index in [-0.39, 0.29) is 44.3 Å². The number of rotatable bonds is 62. The third kappa shape index (κ3) is 76.8. The monoisotopic (exact) mass is 1110 g/mol. The second kappa shape index (κ2) is 70.5. The van der Waals surface area contributed by atoms with E-state index in [0.717, 1.165) is 64.2 Å². The second-order valence-electron chi connectivity index (χ2n) is 22.6. The van der Waals surface area contributed by atoms with E-state index in [2.05, 4.69) is 13.8 Å². The first-order valence-corrected chi connectivity index (χ1v) is 33.0. The minimum absolute atomic E-state index is 0. The van der Waals surface area contributed by atoms with Gasteiger partial charge in [-0.25, -0.2) is 0 Å². The zero-order valence-electron chi connectivity index (χ0n) is 50.4. The van der Waals surface area contributed by atoms with Crippen LogP contribution in [0.2, 0.25) is 0 Å². The Morgan fingerprint density at radius 1 is 0.227 bits per heavy atom. The van der Waals surface area contributed by atoms with Gasteiger partial charge in [0.1, 0.15) is 0 Å². The molecule has 0 unspecified atom stereocenters. The SMILES string of the molecule is CCCCCCCCCCCCCCC(=O)OCCCCCCCCCCCCCCCCCC(=O)[O-].CCCCCCCCCCCCCCC(=O)OCCCCCCCCCCCCCCCCCC(=O)[O-].[Zn+2]. The van der Waals surface area contributed by atoms with Crippen LogP contribution in [-0.4, -0.2) is 37.1 Å². The minimum Gasteiger partial charge on any atom is -0.550 e. The smallest absolute Gasteiger partial charge is 0.550 e. The number of esters is 2. The van der Waals surface area contributed by atoms with Gasteiger partial charge in [-0.15, -0.1) is 0 Å². The quantitative estimate of drug-likeness (QED) is 0.0334. The predicted octanol–water partition coefficient (Wildman–Crippen LogP) is 19.2. The van der Waals surface area contributed by atoms with E-state index < -0.39 is 11.9 Å². The van der Waals surface area contributed by atoms with Gasteiger partial charge in [-0.3, -0.25) is 9.59 Å². The Morgan fingerprint density at radius 3 is 0.547 bits per heavy atom. The Kier molecular flexibility index (Phi) is 73.1. The Balaban J connectivity index is -0.00000136. The van der Waals surface area contributed by atoms with E-state index >= 15 is 0 Å². The molecule has 440 valence electrons. The van der Waals surface area contributed by atoms with Crippen molar-refractivity contribution in [1.29, 1.82) is 0 Å². The van der Waals surface area contributed by atoms with Crippen molar-refractivity contribution < 1.29 is 58.3 Å². The maximum absolute atomic E-state index is 11.9. The molecule has 9 heteroatoms. The van der Waals surface area contributed by atoms with E-state index in [1.807, 2.05) is 0 Å². The van der Waals surface area contributed by atoms with E-state index in [4.69, 9.17) is 9.47 Å². The molecule has 0 heterocycles. The fourth-order valence-electron chi connectivity index (χ4n) is 10.1. The first-order valence-electron chi connectivity index (χ1n) is 33.0. The molecule has 8 nitrogen and oxygen atoms in total. The van der Waals surface area contributed by atoms with Gasteiger partial charge in [-0.05, 0) is 51.4 Å². The van der Waals surface area contributed by atoms with Crippen LogP contribution in [0.3, 0.4) is 0 Å². The number of hydrogen-bond acceptors (Lipinski definition) is 8. The van der Waals surface area contributed by atoms with Gasteiger partial charge >= 0.3 is 31.4 Å². The van der Waals surface area contributed by atoms with Crippen molar-refractivity contribution in [3.05, 3.63) is 0 Å². The van der Waals surface area contributed by atoms with Gasteiger partial charge in [0.25, 0.3) is 0 Å². The molecule has 0 fully saturated rings. The summed E-state index contributed by atoms with van der Waals surface area (Å²) in [5.74, 6) is -1.83. The molecule has 0 aromatic heterocycles. The van der Waals surface area contributed by atoms with Crippen LogP contribution in [0.5, 0.6) is 0 Å². The Hall–Kier alpha value is -1.50. The first kappa shape index (κ1) is 77.7. The fourth-order valence-corrected chi connectivity index (χ4v) is 10.1. The maximum Gasteiger partial charge on any atom is 2.00 e. The number of carboxylic acid groups (broad SMARTS) is 2. The van der Waals surface area contributed by atoms with Crippen molar-refractivity contribution in [3.8, 4) is 0 Å². The number of ether oxygens (including phenoxy) is 2. The van der Waals surface area contributed by atoms with Crippen LogP contribution in [-0.2, 0) is 48.1 Å². The van der Waals surface area contributed by atoms with Crippen molar-refractivity contribution in [2.24, 2.45) is 0 Å². The van der Waals surface area contributed by atoms with Crippen molar-refractivity contribution in [2.45, 2.75) is 386 Å². The predicted molar refractivity (Wildman–Crippen MR) is 311 cm³/mol. The number of carboxylic acids is 2. The van der Waals surface area contributed by atoms with Gasteiger partial charge in [-0.1, -0.05) is 322 Å². The molecule has 0 aromatic carbocycles. The van der Waals surface area contributed by atoms with Crippen LogP contribution in [0, 0.1) is 0 Å². The molecule has 0 aliphatic carbocycles. The molecular formula is C66H126O8Zn. The average molecular weight is 1110 g/mol. The summed E-state index contributed by atoms with van der Waals surface area (Å²) in [5.41, 5.74) is 0. The summed E-state index contributed by atoms with van der Waals surface area (Å²) in [6, 6.07) is 0. The molecule has 0 saturated heterocycles. The maximum atomic E-state index is 11.9. The van der Waals surface area contributed by atoms with E-state index in [1.165, 1.54) is 283 Å². The standard InChI is InChI=1S/2C33H64O4.Zn/c2*1-2-3-4-5-6-7-8-15-18-21-24-27-30-33(36)37-31-28-25-22-19-16-13-11-9-10-12-14-17-20-23-26-29-32(34)35;/h2*2-31H2,1H3,(H,34,35);/q;;+2/p-2. The summed E-state index contributed by atoms with van der Waals surface area (Å²) in [6.07, 6.45) is 69.8. The van der Waals surface area contributed by atoms with Crippen LogP contribution >= 0.6 is 0 Å². The molecular weight excluding hydrogens is 986 g/mol. The average Bonchev–Trinajstić information content (AvgIpc) is 3.38.